The standard InChI is InChI=1S/C26H25FN4O4/c1-26(2)13-35-24-21(30-11-10-29-17-9-5-7-14-6-3-4-8-15(14)17)19(27)20(28)18-22(24)31(26)12-16(23(18)32)25(33)34/h3-9,12,29-30H,10-11,13,28H2,1-2H3,(H,33,34). The molecule has 0 amide bonds. The Balaban J connectivity index is 1.51. The van der Waals surface area contributed by atoms with Crippen LogP contribution in [-0.4, -0.2) is 35.3 Å². The fourth-order valence-electron chi connectivity index (χ4n) is 4.56. The molecule has 0 radical (unpaired) electrons. The van der Waals surface area contributed by atoms with Gasteiger partial charge in [-0.3, -0.25) is 4.79 Å². The molecular formula is C26H25FN4O4. The molecule has 1 aliphatic heterocycles. The van der Waals surface area contributed by atoms with Crippen LogP contribution in [0.2, 0.25) is 0 Å². The number of nitrogens with two attached hydrogens (primary N) is 1. The third kappa shape index (κ3) is 3.60. The van der Waals surface area contributed by atoms with E-state index in [1.807, 2.05) is 56.3 Å². The minimum atomic E-state index is -1.40. The molecule has 3 aromatic carbocycles. The number of benzene rings is 3. The highest BCUT2D eigenvalue weighted by Crippen LogP contribution is 2.44. The number of ether oxygens (including phenoxy) is 1. The summed E-state index contributed by atoms with van der Waals surface area (Å²) in [5.74, 6) is -2.10. The number of hydrogen-bond acceptors (Lipinski definition) is 6. The Bertz CT molecular complexity index is 1560. The Hall–Kier alpha value is -4.27. The van der Waals surface area contributed by atoms with Gasteiger partial charge in [-0.1, -0.05) is 36.4 Å². The molecule has 1 aliphatic rings. The van der Waals surface area contributed by atoms with E-state index in [0.29, 0.717) is 13.1 Å². The minimum absolute atomic E-state index is 0.0430. The van der Waals surface area contributed by atoms with Crippen LogP contribution in [0.15, 0.2) is 53.5 Å². The molecule has 0 spiro atoms. The van der Waals surface area contributed by atoms with Gasteiger partial charge in [-0.2, -0.15) is 0 Å². The molecule has 1 aromatic heterocycles. The third-order valence-corrected chi connectivity index (χ3v) is 6.36. The molecule has 0 unspecified atom stereocenters. The Labute approximate surface area is 200 Å². The zero-order valence-electron chi connectivity index (χ0n) is 19.3. The van der Waals surface area contributed by atoms with Crippen LogP contribution in [0.25, 0.3) is 21.7 Å². The normalized spacial score (nSPS) is 14.0. The Kier molecular flexibility index (Phi) is 5.27. The summed E-state index contributed by atoms with van der Waals surface area (Å²) < 4.78 is 23.0. The van der Waals surface area contributed by atoms with E-state index >= 15 is 4.39 Å². The molecule has 2 heterocycles. The number of aromatic nitrogens is 1. The van der Waals surface area contributed by atoms with E-state index in [9.17, 15) is 14.7 Å². The Morgan fingerprint density at radius 1 is 1.17 bits per heavy atom. The molecule has 0 aliphatic carbocycles. The Morgan fingerprint density at radius 3 is 2.66 bits per heavy atom. The molecule has 9 heteroatoms. The number of nitrogen functional groups attached to an aromatic ring is 1. The van der Waals surface area contributed by atoms with Crippen molar-refractivity contribution in [3.05, 3.63) is 70.3 Å². The number of halogens is 1. The zero-order valence-corrected chi connectivity index (χ0v) is 19.3. The van der Waals surface area contributed by atoms with E-state index < -0.39 is 34.0 Å². The molecule has 0 atom stereocenters. The summed E-state index contributed by atoms with van der Waals surface area (Å²) >= 11 is 0. The minimum Gasteiger partial charge on any atom is -0.487 e. The first kappa shape index (κ1) is 22.5. The largest absolute Gasteiger partial charge is 0.487 e. The lowest BCUT2D eigenvalue weighted by Crippen LogP contribution is -2.39. The highest BCUT2D eigenvalue weighted by Gasteiger charge is 2.35. The summed E-state index contributed by atoms with van der Waals surface area (Å²) in [5.41, 5.74) is 4.94. The van der Waals surface area contributed by atoms with Crippen molar-refractivity contribution in [3.8, 4) is 5.75 Å². The lowest BCUT2D eigenvalue weighted by atomic mass is 9.98. The van der Waals surface area contributed by atoms with E-state index in [1.54, 1.807) is 4.57 Å². The van der Waals surface area contributed by atoms with Gasteiger partial charge in [0.1, 0.15) is 17.9 Å². The van der Waals surface area contributed by atoms with Crippen molar-refractivity contribution >= 4 is 44.7 Å². The highest BCUT2D eigenvalue weighted by atomic mass is 19.1. The average molecular weight is 477 g/mol. The molecule has 8 nitrogen and oxygen atoms in total. The number of pyridine rings is 1. The molecule has 0 bridgehead atoms. The SMILES string of the molecule is CC1(C)COc2c(NCCNc3cccc4ccccc34)c(F)c(N)c3c(=O)c(C(=O)O)cn1c23. The van der Waals surface area contributed by atoms with Crippen molar-refractivity contribution in [2.24, 2.45) is 0 Å². The number of hydrogen-bond donors (Lipinski definition) is 4. The quantitative estimate of drug-likeness (QED) is 0.243. The summed E-state index contributed by atoms with van der Waals surface area (Å²) in [6.07, 6.45) is 1.28. The van der Waals surface area contributed by atoms with E-state index in [-0.39, 0.29) is 28.9 Å². The van der Waals surface area contributed by atoms with Crippen LogP contribution in [0.1, 0.15) is 24.2 Å². The first-order valence-corrected chi connectivity index (χ1v) is 11.2. The molecule has 0 saturated heterocycles. The molecule has 0 saturated carbocycles. The van der Waals surface area contributed by atoms with Crippen molar-refractivity contribution in [2.75, 3.05) is 36.1 Å². The summed E-state index contributed by atoms with van der Waals surface area (Å²) in [4.78, 5) is 24.6. The van der Waals surface area contributed by atoms with Crippen LogP contribution in [0.3, 0.4) is 0 Å². The van der Waals surface area contributed by atoms with Gasteiger partial charge >= 0.3 is 5.97 Å². The summed E-state index contributed by atoms with van der Waals surface area (Å²) in [5, 5.41) is 17.9. The lowest BCUT2D eigenvalue weighted by molar-refractivity contribution is 0.0693. The van der Waals surface area contributed by atoms with Gasteiger partial charge in [-0.25, -0.2) is 9.18 Å². The number of carboxylic acids is 1. The second-order valence-corrected chi connectivity index (χ2v) is 9.18. The first-order chi connectivity index (χ1) is 16.7. The fraction of sp³-hybridized carbons (Fsp3) is 0.231. The Morgan fingerprint density at radius 2 is 1.89 bits per heavy atom. The van der Waals surface area contributed by atoms with Crippen LogP contribution in [0.4, 0.5) is 21.5 Å². The summed E-state index contributed by atoms with van der Waals surface area (Å²) in [6, 6.07) is 14.0. The maximum Gasteiger partial charge on any atom is 0.341 e. The molecular weight excluding hydrogens is 451 g/mol. The molecule has 0 fully saturated rings. The first-order valence-electron chi connectivity index (χ1n) is 11.2. The second-order valence-electron chi connectivity index (χ2n) is 9.18. The van der Waals surface area contributed by atoms with Gasteiger partial charge in [0, 0.05) is 30.4 Å². The number of rotatable bonds is 6. The summed E-state index contributed by atoms with van der Waals surface area (Å²) in [6.45, 7) is 4.64. The second kappa shape index (κ2) is 8.19. The van der Waals surface area contributed by atoms with Crippen molar-refractivity contribution < 1.29 is 19.0 Å². The number of carbonyl (C=O) groups is 1. The van der Waals surface area contributed by atoms with Crippen LogP contribution in [0, 0.1) is 5.82 Å². The van der Waals surface area contributed by atoms with Gasteiger partial charge in [-0.15, -0.1) is 0 Å². The molecule has 180 valence electrons. The van der Waals surface area contributed by atoms with Gasteiger partial charge in [0.2, 0.25) is 5.43 Å². The van der Waals surface area contributed by atoms with Gasteiger partial charge < -0.3 is 30.8 Å². The van der Waals surface area contributed by atoms with E-state index in [0.717, 1.165) is 16.5 Å². The third-order valence-electron chi connectivity index (χ3n) is 6.36. The van der Waals surface area contributed by atoms with Crippen LogP contribution >= 0.6 is 0 Å². The molecule has 4 aromatic rings. The lowest BCUT2D eigenvalue weighted by Gasteiger charge is -2.36. The zero-order chi connectivity index (χ0) is 24.9. The number of aromatic carboxylic acids is 1. The average Bonchev–Trinajstić information content (AvgIpc) is 2.83. The van der Waals surface area contributed by atoms with Crippen LogP contribution < -0.4 is 26.5 Å². The predicted molar refractivity (Wildman–Crippen MR) is 135 cm³/mol. The van der Waals surface area contributed by atoms with Crippen molar-refractivity contribution in [2.45, 2.75) is 19.4 Å². The van der Waals surface area contributed by atoms with Crippen molar-refractivity contribution in [1.29, 1.82) is 0 Å². The predicted octanol–water partition coefficient (Wildman–Crippen LogP) is 4.23. The van der Waals surface area contributed by atoms with Gasteiger partial charge in [0.15, 0.2) is 11.6 Å². The maximum absolute atomic E-state index is 15.4. The number of fused-ring (bicyclic) bond motifs is 1. The molecule has 5 N–H and O–H groups in total. The smallest absolute Gasteiger partial charge is 0.341 e. The summed E-state index contributed by atoms with van der Waals surface area (Å²) in [7, 11) is 0. The van der Waals surface area contributed by atoms with E-state index in [1.165, 1.54) is 6.20 Å². The van der Waals surface area contributed by atoms with Gasteiger partial charge in [-0.05, 0) is 25.3 Å². The van der Waals surface area contributed by atoms with Crippen LogP contribution in [0.5, 0.6) is 5.75 Å². The fourth-order valence-corrected chi connectivity index (χ4v) is 4.56. The number of nitrogens with one attached hydrogen (secondary N) is 2. The molecule has 5 rings (SSSR count). The number of anilines is 3. The maximum atomic E-state index is 15.4. The van der Waals surface area contributed by atoms with Crippen molar-refractivity contribution in [3.63, 3.8) is 0 Å². The van der Waals surface area contributed by atoms with E-state index in [2.05, 4.69) is 10.6 Å². The monoisotopic (exact) mass is 476 g/mol. The van der Waals surface area contributed by atoms with Gasteiger partial charge in [0.25, 0.3) is 0 Å². The number of nitrogens with zero attached hydrogens (tertiary/aromatic N) is 1. The number of carboxylic acid groups (broad SMARTS) is 1. The van der Waals surface area contributed by atoms with E-state index in [4.69, 9.17) is 10.5 Å². The van der Waals surface area contributed by atoms with Gasteiger partial charge in [0.05, 0.1) is 22.1 Å². The topological polar surface area (TPSA) is 119 Å². The van der Waals surface area contributed by atoms with Crippen LogP contribution in [-0.2, 0) is 5.54 Å². The van der Waals surface area contributed by atoms with Crippen molar-refractivity contribution in [1.82, 2.24) is 4.57 Å². The highest BCUT2D eigenvalue weighted by molar-refractivity contribution is 6.03. The molecule has 35 heavy (non-hydrogen) atoms.